The number of likely N-dealkylation sites (N-methyl/N-ethyl adjacent to an activating group) is 1. The molecule has 0 saturated carbocycles. The van der Waals surface area contributed by atoms with Crippen LogP contribution in [0.2, 0.25) is 0 Å². The van der Waals surface area contributed by atoms with Gasteiger partial charge in [-0.15, -0.1) is 0 Å². The fourth-order valence-corrected chi connectivity index (χ4v) is 8.48. The second-order valence-electron chi connectivity index (χ2n) is 20.6. The van der Waals surface area contributed by atoms with Crippen LogP contribution in [0.15, 0.2) is 0 Å². The molecule has 0 aromatic heterocycles. The van der Waals surface area contributed by atoms with Crippen molar-refractivity contribution >= 4 is 17.9 Å². The van der Waals surface area contributed by atoms with E-state index in [1.165, 1.54) is 218 Å². The van der Waals surface area contributed by atoms with Gasteiger partial charge in [-0.05, 0) is 12.8 Å². The molecule has 0 saturated heterocycles. The molecule has 0 heterocycles. The molecule has 65 heavy (non-hydrogen) atoms. The highest BCUT2D eigenvalue weighted by molar-refractivity contribution is 5.70. The number of esters is 2. The van der Waals surface area contributed by atoms with Crippen molar-refractivity contribution in [1.82, 2.24) is 0 Å². The molecule has 386 valence electrons. The van der Waals surface area contributed by atoms with Gasteiger partial charge in [-0.1, -0.05) is 258 Å². The Bertz CT molecular complexity index is 1030. The van der Waals surface area contributed by atoms with Gasteiger partial charge < -0.3 is 33.3 Å². The number of quaternary nitrogens is 1. The Morgan fingerprint density at radius 2 is 0.692 bits per heavy atom. The molecule has 0 fully saturated rings. The summed E-state index contributed by atoms with van der Waals surface area (Å²) in [6.07, 6.45) is 50.7. The molecule has 0 aromatic rings. The average molecular weight is 924 g/mol. The van der Waals surface area contributed by atoms with Crippen molar-refractivity contribution in [2.75, 3.05) is 47.5 Å². The summed E-state index contributed by atoms with van der Waals surface area (Å²) < 4.78 is 22.5. The van der Waals surface area contributed by atoms with Crippen LogP contribution in [0.1, 0.15) is 284 Å². The number of carbonyl (C=O) groups excluding carboxylic acids is 3. The summed E-state index contributed by atoms with van der Waals surface area (Å²) >= 11 is 0. The van der Waals surface area contributed by atoms with Crippen LogP contribution in [0.25, 0.3) is 0 Å². The third-order valence-corrected chi connectivity index (χ3v) is 12.9. The molecule has 0 radical (unpaired) electrons. The van der Waals surface area contributed by atoms with E-state index in [0.717, 1.165) is 38.5 Å². The van der Waals surface area contributed by atoms with Crippen molar-refractivity contribution in [3.63, 3.8) is 0 Å². The van der Waals surface area contributed by atoms with Gasteiger partial charge in [0.05, 0.1) is 40.3 Å². The number of carboxylic acids is 1. The van der Waals surface area contributed by atoms with Gasteiger partial charge in [-0.2, -0.15) is 0 Å². The van der Waals surface area contributed by atoms with Gasteiger partial charge in [0.25, 0.3) is 0 Å². The molecule has 0 aromatic carbocycles. The number of rotatable bonds is 53. The third kappa shape index (κ3) is 50.0. The average Bonchev–Trinajstić information content (AvgIpc) is 3.27. The van der Waals surface area contributed by atoms with E-state index in [9.17, 15) is 19.5 Å². The first-order valence-corrected chi connectivity index (χ1v) is 28.2. The number of aliphatic carboxylic acids is 1. The van der Waals surface area contributed by atoms with Gasteiger partial charge >= 0.3 is 11.9 Å². The Morgan fingerprint density at radius 3 is 0.985 bits per heavy atom. The Kier molecular flexibility index (Phi) is 47.5. The number of unbranched alkanes of at least 4 members (excludes halogenated alkanes) is 38. The number of nitrogens with zero attached hydrogens (tertiary/aromatic N) is 1. The minimum absolute atomic E-state index is 0.153. The smallest absolute Gasteiger partial charge is 0.306 e. The minimum atomic E-state index is -1.61. The number of hydrogen-bond acceptors (Lipinski definition) is 8. The maximum Gasteiger partial charge on any atom is 0.306 e. The predicted octanol–water partition coefficient (Wildman–Crippen LogP) is 14.7. The lowest BCUT2D eigenvalue weighted by Crippen LogP contribution is -2.44. The van der Waals surface area contributed by atoms with Crippen LogP contribution < -0.4 is 5.11 Å². The summed E-state index contributed by atoms with van der Waals surface area (Å²) in [6, 6.07) is 0. The molecular weight excluding hydrogens is 815 g/mol. The largest absolute Gasteiger partial charge is 0.545 e. The SMILES string of the molecule is CCCCCCCCCCCCCCCCCCCCCCCCCCCCCCCCCCCC(=O)OC(COC(=O)CCCCCCCCC)COC(OCC[N+](C)(C)C)C(=O)[O-]. The van der Waals surface area contributed by atoms with Crippen LogP contribution in [0, 0.1) is 0 Å². The van der Waals surface area contributed by atoms with Crippen LogP contribution in [0.4, 0.5) is 0 Å². The van der Waals surface area contributed by atoms with E-state index >= 15 is 0 Å². The first-order chi connectivity index (χ1) is 31.6. The fourth-order valence-electron chi connectivity index (χ4n) is 8.48. The molecular formula is C56H109NO8. The van der Waals surface area contributed by atoms with Crippen molar-refractivity contribution in [3.05, 3.63) is 0 Å². The monoisotopic (exact) mass is 924 g/mol. The lowest BCUT2D eigenvalue weighted by molar-refractivity contribution is -0.870. The summed E-state index contributed by atoms with van der Waals surface area (Å²) in [6.45, 7) is 4.74. The second kappa shape index (κ2) is 48.7. The molecule has 0 amide bonds. The normalized spacial score (nSPS) is 12.7. The highest BCUT2D eigenvalue weighted by Gasteiger charge is 2.22. The summed E-state index contributed by atoms with van der Waals surface area (Å²) in [4.78, 5) is 36.9. The van der Waals surface area contributed by atoms with Gasteiger partial charge in [0, 0.05) is 12.8 Å². The van der Waals surface area contributed by atoms with Crippen LogP contribution in [0.5, 0.6) is 0 Å². The number of hydrogen-bond donors (Lipinski definition) is 0. The molecule has 2 atom stereocenters. The molecule has 0 spiro atoms. The standard InChI is InChI=1S/C56H109NO8/c1-6-8-10-12-14-15-16-17-18-19-20-21-22-23-24-25-26-27-28-29-30-31-32-33-34-35-36-37-38-39-41-43-45-47-54(59)65-52(50-63-53(58)46-44-42-40-13-11-9-7-2)51-64-56(55(60)61)62-49-48-57(3,4)5/h52,56H,6-51H2,1-5H3. The van der Waals surface area contributed by atoms with Crippen molar-refractivity contribution in [2.24, 2.45) is 0 Å². The van der Waals surface area contributed by atoms with Gasteiger partial charge in [0.2, 0.25) is 0 Å². The summed E-state index contributed by atoms with van der Waals surface area (Å²) in [5.74, 6) is -2.27. The number of ether oxygens (including phenoxy) is 4. The topological polar surface area (TPSA) is 111 Å². The van der Waals surface area contributed by atoms with Crippen LogP contribution in [-0.4, -0.2) is 82.3 Å². The lowest BCUT2D eigenvalue weighted by Gasteiger charge is -2.26. The van der Waals surface area contributed by atoms with Crippen molar-refractivity contribution in [2.45, 2.75) is 296 Å². The summed E-state index contributed by atoms with van der Waals surface area (Å²) in [7, 11) is 5.92. The zero-order chi connectivity index (χ0) is 47.7. The van der Waals surface area contributed by atoms with Crippen molar-refractivity contribution in [1.29, 1.82) is 0 Å². The quantitative estimate of drug-likeness (QED) is 0.0257. The van der Waals surface area contributed by atoms with E-state index in [4.69, 9.17) is 18.9 Å². The number of carboxylic acid groups (broad SMARTS) is 1. The zero-order valence-corrected chi connectivity index (χ0v) is 43.9. The highest BCUT2D eigenvalue weighted by atomic mass is 16.7. The van der Waals surface area contributed by atoms with E-state index in [1.807, 2.05) is 21.1 Å². The van der Waals surface area contributed by atoms with E-state index < -0.39 is 24.3 Å². The van der Waals surface area contributed by atoms with E-state index in [0.29, 0.717) is 17.4 Å². The van der Waals surface area contributed by atoms with Crippen molar-refractivity contribution in [3.8, 4) is 0 Å². The first kappa shape index (κ1) is 63.3. The molecule has 2 unspecified atom stereocenters. The third-order valence-electron chi connectivity index (χ3n) is 12.9. The van der Waals surface area contributed by atoms with Gasteiger partial charge in [0.1, 0.15) is 13.2 Å². The van der Waals surface area contributed by atoms with Crippen LogP contribution >= 0.6 is 0 Å². The Balaban J connectivity index is 3.88. The van der Waals surface area contributed by atoms with E-state index in [1.54, 1.807) is 0 Å². The molecule has 0 aliphatic heterocycles. The molecule has 9 heteroatoms. The maximum absolute atomic E-state index is 12.8. The van der Waals surface area contributed by atoms with Crippen LogP contribution in [-0.2, 0) is 33.3 Å². The molecule has 0 bridgehead atoms. The van der Waals surface area contributed by atoms with E-state index in [-0.39, 0.29) is 32.2 Å². The van der Waals surface area contributed by atoms with Gasteiger partial charge in [0.15, 0.2) is 12.4 Å². The zero-order valence-electron chi connectivity index (χ0n) is 43.9. The van der Waals surface area contributed by atoms with Gasteiger partial charge in [-0.3, -0.25) is 9.59 Å². The Hall–Kier alpha value is -1.71. The van der Waals surface area contributed by atoms with Crippen LogP contribution in [0.3, 0.4) is 0 Å². The van der Waals surface area contributed by atoms with Crippen molar-refractivity contribution < 1.29 is 42.9 Å². The Labute approximate surface area is 403 Å². The predicted molar refractivity (Wildman–Crippen MR) is 270 cm³/mol. The lowest BCUT2D eigenvalue weighted by atomic mass is 10.0. The summed E-state index contributed by atoms with van der Waals surface area (Å²) in [5, 5.41) is 11.7. The molecule has 9 nitrogen and oxygen atoms in total. The molecule has 0 aliphatic carbocycles. The molecule has 0 aliphatic rings. The maximum atomic E-state index is 12.8. The minimum Gasteiger partial charge on any atom is -0.545 e. The second-order valence-corrected chi connectivity index (χ2v) is 20.6. The first-order valence-electron chi connectivity index (χ1n) is 28.2. The fraction of sp³-hybridized carbons (Fsp3) is 0.946. The number of carbonyl (C=O) groups is 3. The molecule has 0 rings (SSSR count). The highest BCUT2D eigenvalue weighted by Crippen LogP contribution is 2.18. The van der Waals surface area contributed by atoms with E-state index in [2.05, 4.69) is 13.8 Å². The summed E-state index contributed by atoms with van der Waals surface area (Å²) in [5.41, 5.74) is 0. The Morgan fingerprint density at radius 1 is 0.400 bits per heavy atom. The van der Waals surface area contributed by atoms with Gasteiger partial charge in [-0.25, -0.2) is 0 Å². The molecule has 0 N–H and O–H groups in total.